The Morgan fingerprint density at radius 3 is 2.80 bits per heavy atom. The van der Waals surface area contributed by atoms with E-state index in [1.165, 1.54) is 36.3 Å². The van der Waals surface area contributed by atoms with Gasteiger partial charge < -0.3 is 5.32 Å². The minimum absolute atomic E-state index is 0.821. The maximum absolute atomic E-state index is 4.29. The zero-order valence-electron chi connectivity index (χ0n) is 10.0. The van der Waals surface area contributed by atoms with Crippen LogP contribution in [-0.4, -0.2) is 18.6 Å². The van der Waals surface area contributed by atoms with Crippen molar-refractivity contribution >= 4 is 11.3 Å². The summed E-state index contributed by atoms with van der Waals surface area (Å²) in [6.07, 6.45) is 5.10. The molecule has 86 valence electrons. The second-order valence-electron chi connectivity index (χ2n) is 4.11. The summed E-state index contributed by atoms with van der Waals surface area (Å²) in [6, 6.07) is 0. The first-order chi connectivity index (χ1) is 7.27. The number of hydrogen-bond acceptors (Lipinski definition) is 3. The maximum Gasteiger partial charge on any atom is 0.0797 e. The molecule has 0 aromatic carbocycles. The van der Waals surface area contributed by atoms with Crippen molar-refractivity contribution in [3.05, 3.63) is 16.1 Å². The highest BCUT2D eigenvalue weighted by atomic mass is 32.1. The molecule has 1 rings (SSSR count). The molecule has 0 bridgehead atoms. The van der Waals surface area contributed by atoms with Crippen LogP contribution in [0.5, 0.6) is 0 Å². The summed E-state index contributed by atoms with van der Waals surface area (Å²) in [5.74, 6) is 0.821. The van der Waals surface area contributed by atoms with Gasteiger partial charge >= 0.3 is 0 Å². The molecule has 15 heavy (non-hydrogen) atoms. The van der Waals surface area contributed by atoms with Gasteiger partial charge in [-0.2, -0.15) is 0 Å². The minimum Gasteiger partial charge on any atom is -0.319 e. The number of thiazole rings is 1. The molecule has 0 spiro atoms. The van der Waals surface area contributed by atoms with Gasteiger partial charge in [-0.3, -0.25) is 0 Å². The highest BCUT2D eigenvalue weighted by Gasteiger charge is 2.09. The smallest absolute Gasteiger partial charge is 0.0797 e. The Hall–Kier alpha value is -0.410. The number of aromatic nitrogens is 1. The fraction of sp³-hybridized carbons (Fsp3) is 0.750. The summed E-state index contributed by atoms with van der Waals surface area (Å²) >= 11 is 1.80. The summed E-state index contributed by atoms with van der Waals surface area (Å²) < 4.78 is 0. The molecule has 0 saturated carbocycles. The lowest BCUT2D eigenvalue weighted by molar-refractivity contribution is 0.429. The number of nitrogens with one attached hydrogen (secondary N) is 1. The average molecular weight is 226 g/mol. The number of nitrogens with zero attached hydrogens (tertiary/aromatic N) is 1. The summed E-state index contributed by atoms with van der Waals surface area (Å²) in [6.45, 7) is 5.52. The van der Waals surface area contributed by atoms with E-state index in [0.29, 0.717) is 0 Å². The second kappa shape index (κ2) is 6.96. The van der Waals surface area contributed by atoms with Crippen molar-refractivity contribution in [1.29, 1.82) is 0 Å². The number of hydrogen-bond donors (Lipinski definition) is 1. The molecule has 1 aromatic heterocycles. The fourth-order valence-corrected chi connectivity index (χ4v) is 2.74. The van der Waals surface area contributed by atoms with E-state index in [9.17, 15) is 0 Å². The standard InChI is InChI=1S/C12H22N2S/c1-4-5-11(8-13-3)6-7-12-10(2)14-9-15-12/h9,11,13H,4-8H2,1-3H3. The van der Waals surface area contributed by atoms with Crippen LogP contribution in [0.15, 0.2) is 5.51 Å². The van der Waals surface area contributed by atoms with E-state index in [0.717, 1.165) is 12.5 Å². The first-order valence-electron chi connectivity index (χ1n) is 5.81. The van der Waals surface area contributed by atoms with Gasteiger partial charge in [-0.1, -0.05) is 13.3 Å². The third-order valence-electron chi connectivity index (χ3n) is 2.81. The molecule has 0 amide bonds. The van der Waals surface area contributed by atoms with Crippen LogP contribution in [0.25, 0.3) is 0 Å². The van der Waals surface area contributed by atoms with Gasteiger partial charge in [0, 0.05) is 4.88 Å². The van der Waals surface area contributed by atoms with Crippen molar-refractivity contribution in [2.45, 2.75) is 39.5 Å². The molecule has 0 saturated heterocycles. The van der Waals surface area contributed by atoms with Crippen LogP contribution in [0.2, 0.25) is 0 Å². The highest BCUT2D eigenvalue weighted by Crippen LogP contribution is 2.19. The van der Waals surface area contributed by atoms with E-state index in [1.54, 1.807) is 11.3 Å². The zero-order chi connectivity index (χ0) is 11.1. The summed E-state index contributed by atoms with van der Waals surface area (Å²) in [7, 11) is 2.04. The Morgan fingerprint density at radius 1 is 1.47 bits per heavy atom. The second-order valence-corrected chi connectivity index (χ2v) is 5.05. The molecule has 1 N–H and O–H groups in total. The van der Waals surface area contributed by atoms with Gasteiger partial charge in [0.15, 0.2) is 0 Å². The Bertz CT molecular complexity index is 264. The summed E-state index contributed by atoms with van der Waals surface area (Å²) in [5.41, 5.74) is 3.18. The van der Waals surface area contributed by atoms with Gasteiger partial charge in [-0.05, 0) is 45.7 Å². The van der Waals surface area contributed by atoms with Gasteiger partial charge in [0.1, 0.15) is 0 Å². The lowest BCUT2D eigenvalue weighted by Gasteiger charge is -2.14. The van der Waals surface area contributed by atoms with Crippen LogP contribution in [0.4, 0.5) is 0 Å². The third kappa shape index (κ3) is 4.31. The molecule has 1 aromatic rings. The number of rotatable bonds is 7. The molecule has 0 radical (unpaired) electrons. The molecule has 1 unspecified atom stereocenters. The van der Waals surface area contributed by atoms with Crippen molar-refractivity contribution in [1.82, 2.24) is 10.3 Å². The SMILES string of the molecule is CCCC(CCc1scnc1C)CNC. The Morgan fingerprint density at radius 2 is 2.27 bits per heavy atom. The molecule has 0 aliphatic rings. The van der Waals surface area contributed by atoms with Crippen LogP contribution in [0.3, 0.4) is 0 Å². The van der Waals surface area contributed by atoms with Gasteiger partial charge in [0.05, 0.1) is 11.2 Å². The quantitative estimate of drug-likeness (QED) is 0.773. The molecule has 1 atom stereocenters. The van der Waals surface area contributed by atoms with Gasteiger partial charge in [0.25, 0.3) is 0 Å². The van der Waals surface area contributed by atoms with Crippen molar-refractivity contribution in [2.24, 2.45) is 5.92 Å². The van der Waals surface area contributed by atoms with E-state index >= 15 is 0 Å². The minimum atomic E-state index is 0.821. The maximum atomic E-state index is 4.29. The van der Waals surface area contributed by atoms with Gasteiger partial charge in [-0.25, -0.2) is 4.98 Å². The van der Waals surface area contributed by atoms with Crippen molar-refractivity contribution in [3.63, 3.8) is 0 Å². The predicted octanol–water partition coefficient (Wildman–Crippen LogP) is 3.02. The van der Waals surface area contributed by atoms with Crippen LogP contribution in [-0.2, 0) is 6.42 Å². The van der Waals surface area contributed by atoms with Crippen molar-refractivity contribution in [2.75, 3.05) is 13.6 Å². The zero-order valence-corrected chi connectivity index (χ0v) is 10.9. The van der Waals surface area contributed by atoms with E-state index in [4.69, 9.17) is 0 Å². The fourth-order valence-electron chi connectivity index (χ4n) is 1.95. The van der Waals surface area contributed by atoms with E-state index in [1.807, 2.05) is 12.6 Å². The van der Waals surface area contributed by atoms with E-state index < -0.39 is 0 Å². The molecule has 2 nitrogen and oxygen atoms in total. The molecule has 0 fully saturated rings. The molecule has 1 heterocycles. The lowest BCUT2D eigenvalue weighted by Crippen LogP contribution is -2.19. The van der Waals surface area contributed by atoms with E-state index in [2.05, 4.69) is 24.1 Å². The monoisotopic (exact) mass is 226 g/mol. The topological polar surface area (TPSA) is 24.9 Å². The van der Waals surface area contributed by atoms with Crippen LogP contribution >= 0.6 is 11.3 Å². The third-order valence-corrected chi connectivity index (χ3v) is 3.81. The van der Waals surface area contributed by atoms with Crippen LogP contribution < -0.4 is 5.32 Å². The highest BCUT2D eigenvalue weighted by molar-refractivity contribution is 7.09. The average Bonchev–Trinajstić information content (AvgIpc) is 2.61. The molecule has 3 heteroatoms. The lowest BCUT2D eigenvalue weighted by atomic mass is 9.97. The van der Waals surface area contributed by atoms with Gasteiger partial charge in [-0.15, -0.1) is 11.3 Å². The summed E-state index contributed by atoms with van der Waals surface area (Å²) in [4.78, 5) is 5.75. The largest absolute Gasteiger partial charge is 0.319 e. The Balaban J connectivity index is 2.36. The first kappa shape index (κ1) is 12.7. The molecular weight excluding hydrogens is 204 g/mol. The molecule has 0 aliphatic carbocycles. The Labute approximate surface area is 97.1 Å². The number of aryl methyl sites for hydroxylation is 2. The van der Waals surface area contributed by atoms with Crippen molar-refractivity contribution < 1.29 is 0 Å². The van der Waals surface area contributed by atoms with E-state index in [-0.39, 0.29) is 0 Å². The summed E-state index contributed by atoms with van der Waals surface area (Å²) in [5, 5.41) is 3.29. The molecular formula is C12H22N2S. The Kier molecular flexibility index (Phi) is 5.88. The van der Waals surface area contributed by atoms with Crippen LogP contribution in [0.1, 0.15) is 36.8 Å². The van der Waals surface area contributed by atoms with Gasteiger partial charge in [0.2, 0.25) is 0 Å². The normalized spacial score (nSPS) is 13.0. The van der Waals surface area contributed by atoms with Crippen molar-refractivity contribution in [3.8, 4) is 0 Å². The predicted molar refractivity (Wildman–Crippen MR) is 67.5 cm³/mol. The first-order valence-corrected chi connectivity index (χ1v) is 6.69. The van der Waals surface area contributed by atoms with Crippen LogP contribution in [0, 0.1) is 12.8 Å². The molecule has 0 aliphatic heterocycles.